The Morgan fingerprint density at radius 1 is 1.22 bits per heavy atom. The molecule has 1 atom stereocenters. The van der Waals surface area contributed by atoms with Crippen LogP contribution in [-0.2, 0) is 14.8 Å². The van der Waals surface area contributed by atoms with Gasteiger partial charge < -0.3 is 9.80 Å². The maximum Gasteiger partial charge on any atom is 0.241 e. The van der Waals surface area contributed by atoms with E-state index in [9.17, 15) is 17.6 Å². The van der Waals surface area contributed by atoms with Crippen molar-refractivity contribution in [3.63, 3.8) is 0 Å². The fraction of sp³-hybridized carbons (Fsp3) is 0.529. The molecule has 0 bridgehead atoms. The van der Waals surface area contributed by atoms with Crippen LogP contribution in [0.2, 0.25) is 0 Å². The van der Waals surface area contributed by atoms with Gasteiger partial charge in [-0.3, -0.25) is 4.79 Å². The van der Waals surface area contributed by atoms with Crippen molar-refractivity contribution < 1.29 is 17.6 Å². The predicted octanol–water partition coefficient (Wildman–Crippen LogP) is 1.51. The highest BCUT2D eigenvalue weighted by Gasteiger charge is 2.39. The van der Waals surface area contributed by atoms with E-state index < -0.39 is 16.1 Å². The van der Waals surface area contributed by atoms with Gasteiger partial charge in [0.25, 0.3) is 0 Å². The van der Waals surface area contributed by atoms with Gasteiger partial charge in [0.2, 0.25) is 15.9 Å². The van der Waals surface area contributed by atoms with Crippen molar-refractivity contribution in [1.82, 2.24) is 14.2 Å². The number of piperazine rings is 1. The Morgan fingerprint density at radius 3 is 2.63 bits per heavy atom. The van der Waals surface area contributed by atoms with Gasteiger partial charge in [-0.1, -0.05) is 17.4 Å². The number of fused-ring (bicyclic) bond motifs is 1. The maximum atomic E-state index is 13.9. The van der Waals surface area contributed by atoms with E-state index in [1.54, 1.807) is 11.0 Å². The number of para-hydroxylation sites is 1. The zero-order valence-corrected chi connectivity index (χ0v) is 16.6. The third-order valence-corrected chi connectivity index (χ3v) is 7.51. The fourth-order valence-corrected chi connectivity index (χ4v) is 5.90. The number of aromatic nitrogens is 1. The molecule has 3 heterocycles. The van der Waals surface area contributed by atoms with Crippen LogP contribution in [0.15, 0.2) is 18.2 Å². The molecule has 1 amide bonds. The van der Waals surface area contributed by atoms with Crippen LogP contribution in [-0.4, -0.2) is 73.5 Å². The van der Waals surface area contributed by atoms with E-state index in [0.29, 0.717) is 51.1 Å². The second kappa shape index (κ2) is 6.99. The van der Waals surface area contributed by atoms with Crippen LogP contribution in [0.1, 0.15) is 12.8 Å². The van der Waals surface area contributed by atoms with Gasteiger partial charge in [-0.15, -0.1) is 0 Å². The number of amides is 1. The standard InChI is InChI=1S/C17H21FN4O3S2/c1-27(24,25)22-7-3-5-13(22)16(23)20-8-10-21(11-9-20)17-19-15-12(18)4-2-6-14(15)26-17/h2,4,6,13H,3,5,7-11H2,1H3. The van der Waals surface area contributed by atoms with Gasteiger partial charge in [0.05, 0.1) is 11.0 Å². The Labute approximate surface area is 161 Å². The highest BCUT2D eigenvalue weighted by Crippen LogP contribution is 2.31. The summed E-state index contributed by atoms with van der Waals surface area (Å²) < 4.78 is 39.8. The third-order valence-electron chi connectivity index (χ3n) is 5.14. The quantitative estimate of drug-likeness (QED) is 0.764. The summed E-state index contributed by atoms with van der Waals surface area (Å²) in [5.41, 5.74) is 0.380. The van der Waals surface area contributed by atoms with E-state index in [0.717, 1.165) is 16.1 Å². The largest absolute Gasteiger partial charge is 0.345 e. The van der Waals surface area contributed by atoms with E-state index in [4.69, 9.17) is 0 Å². The number of hydrogen-bond donors (Lipinski definition) is 0. The van der Waals surface area contributed by atoms with Crippen LogP contribution < -0.4 is 4.90 Å². The van der Waals surface area contributed by atoms with Gasteiger partial charge in [0.15, 0.2) is 5.13 Å². The van der Waals surface area contributed by atoms with Crippen molar-refractivity contribution in [3.05, 3.63) is 24.0 Å². The van der Waals surface area contributed by atoms with E-state index in [2.05, 4.69) is 9.88 Å². The Kier molecular flexibility index (Phi) is 4.81. The van der Waals surface area contributed by atoms with Crippen LogP contribution in [0.3, 0.4) is 0 Å². The normalized spacial score (nSPS) is 21.9. The fourth-order valence-electron chi connectivity index (χ4n) is 3.75. The van der Waals surface area contributed by atoms with Gasteiger partial charge >= 0.3 is 0 Å². The topological polar surface area (TPSA) is 73.8 Å². The van der Waals surface area contributed by atoms with Crippen molar-refractivity contribution in [2.24, 2.45) is 0 Å². The number of carbonyl (C=O) groups is 1. The molecule has 2 saturated heterocycles. The van der Waals surface area contributed by atoms with Crippen LogP contribution in [0, 0.1) is 5.82 Å². The lowest BCUT2D eigenvalue weighted by atomic mass is 10.2. The Morgan fingerprint density at radius 2 is 1.96 bits per heavy atom. The molecular weight excluding hydrogens is 391 g/mol. The van der Waals surface area contributed by atoms with Gasteiger partial charge in [-0.05, 0) is 25.0 Å². The Bertz CT molecular complexity index is 970. The molecule has 2 aromatic rings. The minimum Gasteiger partial charge on any atom is -0.345 e. The molecule has 1 unspecified atom stereocenters. The Hall–Kier alpha value is -1.78. The molecule has 0 saturated carbocycles. The number of hydrogen-bond acceptors (Lipinski definition) is 6. The van der Waals surface area contributed by atoms with Crippen LogP contribution in [0.4, 0.5) is 9.52 Å². The second-order valence-corrected chi connectivity index (χ2v) is 9.87. The first-order valence-electron chi connectivity index (χ1n) is 8.90. The highest BCUT2D eigenvalue weighted by atomic mass is 32.2. The lowest BCUT2D eigenvalue weighted by molar-refractivity contribution is -0.134. The molecule has 10 heteroatoms. The SMILES string of the molecule is CS(=O)(=O)N1CCCC1C(=O)N1CCN(c2nc3c(F)cccc3s2)CC1. The summed E-state index contributed by atoms with van der Waals surface area (Å²) >= 11 is 1.44. The molecule has 7 nitrogen and oxygen atoms in total. The molecule has 4 rings (SSSR count). The lowest BCUT2D eigenvalue weighted by Crippen LogP contribution is -2.54. The molecule has 0 N–H and O–H groups in total. The number of nitrogens with zero attached hydrogens (tertiary/aromatic N) is 4. The summed E-state index contributed by atoms with van der Waals surface area (Å²) in [6.07, 6.45) is 2.44. The maximum absolute atomic E-state index is 13.9. The van der Waals surface area contributed by atoms with Crippen molar-refractivity contribution in [2.75, 3.05) is 43.9 Å². The minimum atomic E-state index is -3.38. The smallest absolute Gasteiger partial charge is 0.241 e. The molecule has 2 fully saturated rings. The average molecular weight is 413 g/mol. The van der Waals surface area contributed by atoms with Crippen molar-refractivity contribution in [3.8, 4) is 0 Å². The zero-order valence-electron chi connectivity index (χ0n) is 15.0. The number of rotatable bonds is 3. The summed E-state index contributed by atoms with van der Waals surface area (Å²) in [7, 11) is -3.38. The summed E-state index contributed by atoms with van der Waals surface area (Å²) in [6.45, 7) is 2.61. The first-order valence-corrected chi connectivity index (χ1v) is 11.6. The number of carbonyl (C=O) groups excluding carboxylic acids is 1. The predicted molar refractivity (Wildman–Crippen MR) is 103 cm³/mol. The van der Waals surface area contributed by atoms with E-state index in [1.165, 1.54) is 21.7 Å². The molecule has 2 aliphatic rings. The number of sulfonamides is 1. The molecule has 0 aliphatic carbocycles. The van der Waals surface area contributed by atoms with E-state index in [1.807, 2.05) is 6.07 Å². The minimum absolute atomic E-state index is 0.118. The third kappa shape index (κ3) is 3.53. The van der Waals surface area contributed by atoms with E-state index in [-0.39, 0.29) is 11.7 Å². The molecule has 27 heavy (non-hydrogen) atoms. The van der Waals surface area contributed by atoms with Gasteiger partial charge in [0.1, 0.15) is 17.4 Å². The molecule has 1 aromatic heterocycles. The molecule has 2 aliphatic heterocycles. The molecule has 146 valence electrons. The van der Waals surface area contributed by atoms with Crippen LogP contribution in [0.25, 0.3) is 10.2 Å². The monoisotopic (exact) mass is 412 g/mol. The number of anilines is 1. The number of benzene rings is 1. The summed E-state index contributed by atoms with van der Waals surface area (Å²) in [4.78, 5) is 21.0. The summed E-state index contributed by atoms with van der Waals surface area (Å²) in [6, 6.07) is 4.34. The molecule has 0 radical (unpaired) electrons. The summed E-state index contributed by atoms with van der Waals surface area (Å²) in [5.74, 6) is -0.446. The Balaban J connectivity index is 1.44. The lowest BCUT2D eigenvalue weighted by Gasteiger charge is -2.36. The zero-order chi connectivity index (χ0) is 19.2. The highest BCUT2D eigenvalue weighted by molar-refractivity contribution is 7.88. The summed E-state index contributed by atoms with van der Waals surface area (Å²) in [5, 5.41) is 0.751. The number of halogens is 1. The van der Waals surface area contributed by atoms with Crippen molar-refractivity contribution in [2.45, 2.75) is 18.9 Å². The van der Waals surface area contributed by atoms with Gasteiger partial charge in [-0.25, -0.2) is 17.8 Å². The van der Waals surface area contributed by atoms with Crippen LogP contribution in [0.5, 0.6) is 0 Å². The first-order chi connectivity index (χ1) is 12.8. The number of thiazole rings is 1. The van der Waals surface area contributed by atoms with Gasteiger partial charge in [-0.2, -0.15) is 4.31 Å². The molecular formula is C17H21FN4O3S2. The van der Waals surface area contributed by atoms with Crippen molar-refractivity contribution >= 4 is 42.6 Å². The molecule has 0 spiro atoms. The van der Waals surface area contributed by atoms with Crippen molar-refractivity contribution in [1.29, 1.82) is 0 Å². The second-order valence-electron chi connectivity index (χ2n) is 6.93. The first kappa shape index (κ1) is 18.6. The van der Waals surface area contributed by atoms with Crippen LogP contribution >= 0.6 is 11.3 Å². The van der Waals surface area contributed by atoms with Gasteiger partial charge in [0, 0.05) is 32.7 Å². The average Bonchev–Trinajstić information content (AvgIpc) is 3.29. The van der Waals surface area contributed by atoms with E-state index >= 15 is 0 Å². The molecule has 1 aromatic carbocycles.